The minimum atomic E-state index is 0.808. The molecule has 20 heavy (non-hydrogen) atoms. The maximum Gasteiger partial charge on any atom is 0.161 e. The van der Waals surface area contributed by atoms with Crippen LogP contribution in [0.1, 0.15) is 11.1 Å². The largest absolute Gasteiger partial charge is 0.493 e. The topological polar surface area (TPSA) is 33.7 Å². The summed E-state index contributed by atoms with van der Waals surface area (Å²) in [6.45, 7) is 7.92. The molecule has 0 fully saturated rings. The molecule has 1 N–H and O–H groups in total. The minimum absolute atomic E-state index is 0.808. The number of hydrogen-bond donors (Lipinski definition) is 1. The number of likely N-dealkylation sites (N-methyl/N-ethyl adjacent to an activating group) is 1. The molecule has 1 aromatic rings. The first-order valence-electron chi connectivity index (χ1n) is 6.95. The van der Waals surface area contributed by atoms with Gasteiger partial charge in [-0.25, -0.2) is 0 Å². The van der Waals surface area contributed by atoms with E-state index in [1.807, 2.05) is 7.05 Å². The summed E-state index contributed by atoms with van der Waals surface area (Å²) in [5.41, 5.74) is 3.90. The number of nitrogens with zero attached hydrogens (tertiary/aromatic N) is 1. The monoisotopic (exact) mass is 276 g/mol. The van der Waals surface area contributed by atoms with Gasteiger partial charge in [0.2, 0.25) is 0 Å². The summed E-state index contributed by atoms with van der Waals surface area (Å²) >= 11 is 0. The quantitative estimate of drug-likeness (QED) is 0.804. The summed E-state index contributed by atoms with van der Waals surface area (Å²) in [6, 6.07) is 4.20. The maximum absolute atomic E-state index is 5.39. The van der Waals surface area contributed by atoms with E-state index in [0.29, 0.717) is 0 Å². The van der Waals surface area contributed by atoms with Crippen molar-refractivity contribution in [3.63, 3.8) is 0 Å². The van der Waals surface area contributed by atoms with Gasteiger partial charge in [0.05, 0.1) is 14.2 Å². The summed E-state index contributed by atoms with van der Waals surface area (Å²) in [5.74, 6) is 1.63. The number of benzene rings is 1. The molecule has 1 aromatic carbocycles. The second-order valence-corrected chi connectivity index (χ2v) is 5.22. The third-order valence-electron chi connectivity index (χ3n) is 3.67. The molecule has 1 aliphatic rings. The maximum atomic E-state index is 5.39. The Balaban J connectivity index is 2.11. The van der Waals surface area contributed by atoms with Crippen molar-refractivity contribution >= 4 is 0 Å². The van der Waals surface area contributed by atoms with Crippen molar-refractivity contribution in [1.82, 2.24) is 10.2 Å². The molecule has 0 radical (unpaired) electrons. The highest BCUT2D eigenvalue weighted by molar-refractivity contribution is 5.48. The van der Waals surface area contributed by atoms with Crippen LogP contribution in [0, 0.1) is 0 Å². The molecule has 0 saturated heterocycles. The fourth-order valence-electron chi connectivity index (χ4n) is 2.70. The number of nitrogens with one attached hydrogen (secondary N) is 1. The summed E-state index contributed by atoms with van der Waals surface area (Å²) < 4.78 is 10.8. The number of rotatable bonds is 6. The molecule has 110 valence electrons. The molecule has 1 aliphatic heterocycles. The van der Waals surface area contributed by atoms with Crippen LogP contribution in [0.25, 0.3) is 0 Å². The summed E-state index contributed by atoms with van der Waals surface area (Å²) in [7, 11) is 5.31. The Labute approximate surface area is 121 Å². The molecule has 0 atom stereocenters. The van der Waals surface area contributed by atoms with Gasteiger partial charge in [-0.1, -0.05) is 6.58 Å². The Morgan fingerprint density at radius 1 is 1.25 bits per heavy atom. The summed E-state index contributed by atoms with van der Waals surface area (Å²) in [4.78, 5) is 2.42. The van der Waals surface area contributed by atoms with Crippen molar-refractivity contribution in [2.24, 2.45) is 0 Å². The van der Waals surface area contributed by atoms with Gasteiger partial charge in [-0.2, -0.15) is 0 Å². The first-order chi connectivity index (χ1) is 9.67. The lowest BCUT2D eigenvalue weighted by Gasteiger charge is -2.30. The first-order valence-corrected chi connectivity index (χ1v) is 6.95. The lowest BCUT2D eigenvalue weighted by Crippen LogP contribution is -2.33. The molecular weight excluding hydrogens is 252 g/mol. The number of hydrogen-bond acceptors (Lipinski definition) is 4. The number of ether oxygens (including phenoxy) is 2. The van der Waals surface area contributed by atoms with E-state index in [2.05, 4.69) is 28.9 Å². The van der Waals surface area contributed by atoms with Crippen molar-refractivity contribution < 1.29 is 9.47 Å². The van der Waals surface area contributed by atoms with E-state index in [1.165, 1.54) is 16.7 Å². The van der Waals surface area contributed by atoms with Crippen LogP contribution >= 0.6 is 0 Å². The van der Waals surface area contributed by atoms with Crippen molar-refractivity contribution in [3.8, 4) is 11.5 Å². The van der Waals surface area contributed by atoms with E-state index in [1.54, 1.807) is 14.2 Å². The molecule has 0 aliphatic carbocycles. The van der Waals surface area contributed by atoms with Crippen molar-refractivity contribution in [1.29, 1.82) is 0 Å². The molecule has 2 rings (SSSR count). The van der Waals surface area contributed by atoms with Gasteiger partial charge in [-0.05, 0) is 42.3 Å². The Bertz CT molecular complexity index is 486. The Morgan fingerprint density at radius 2 is 1.90 bits per heavy atom. The molecule has 1 heterocycles. The third kappa shape index (κ3) is 3.32. The van der Waals surface area contributed by atoms with E-state index in [9.17, 15) is 0 Å². The van der Waals surface area contributed by atoms with Gasteiger partial charge in [0.25, 0.3) is 0 Å². The molecule has 0 saturated carbocycles. The Hall–Kier alpha value is -1.52. The molecule has 0 amide bonds. The van der Waals surface area contributed by atoms with Crippen LogP contribution < -0.4 is 14.8 Å². The minimum Gasteiger partial charge on any atom is -0.493 e. The third-order valence-corrected chi connectivity index (χ3v) is 3.67. The van der Waals surface area contributed by atoms with Gasteiger partial charge in [0.1, 0.15) is 0 Å². The lowest BCUT2D eigenvalue weighted by molar-refractivity contribution is 0.272. The van der Waals surface area contributed by atoms with Gasteiger partial charge >= 0.3 is 0 Å². The summed E-state index contributed by atoms with van der Waals surface area (Å²) in [6.07, 6.45) is 1.04. The fourth-order valence-corrected chi connectivity index (χ4v) is 2.70. The average Bonchev–Trinajstić information content (AvgIpc) is 2.45. The molecule has 4 heteroatoms. The van der Waals surface area contributed by atoms with Gasteiger partial charge in [0.15, 0.2) is 11.5 Å². The normalized spacial score (nSPS) is 14.8. The van der Waals surface area contributed by atoms with E-state index in [0.717, 1.165) is 44.1 Å². The van der Waals surface area contributed by atoms with E-state index in [-0.39, 0.29) is 0 Å². The van der Waals surface area contributed by atoms with Gasteiger partial charge < -0.3 is 14.8 Å². The van der Waals surface area contributed by atoms with Gasteiger partial charge in [-0.15, -0.1) is 0 Å². The second kappa shape index (κ2) is 6.77. The predicted molar refractivity (Wildman–Crippen MR) is 81.6 cm³/mol. The van der Waals surface area contributed by atoms with Crippen LogP contribution in [0.2, 0.25) is 0 Å². The van der Waals surface area contributed by atoms with Crippen LogP contribution in [-0.4, -0.2) is 45.8 Å². The molecule has 0 unspecified atom stereocenters. The highest BCUT2D eigenvalue weighted by Crippen LogP contribution is 2.33. The molecular formula is C16H24N2O2. The van der Waals surface area contributed by atoms with Gasteiger partial charge in [0, 0.05) is 26.2 Å². The van der Waals surface area contributed by atoms with Crippen LogP contribution in [-0.2, 0) is 13.0 Å². The zero-order chi connectivity index (χ0) is 14.5. The van der Waals surface area contributed by atoms with E-state index < -0.39 is 0 Å². The zero-order valence-electron chi connectivity index (χ0n) is 12.7. The van der Waals surface area contributed by atoms with Crippen LogP contribution in [0.3, 0.4) is 0 Å². The molecule has 0 spiro atoms. The SMILES string of the molecule is C=C(CNC)CN1CCc2cc(OC)c(OC)cc2C1. The van der Waals surface area contributed by atoms with Crippen LogP contribution in [0.15, 0.2) is 24.3 Å². The Morgan fingerprint density at radius 3 is 2.50 bits per heavy atom. The first kappa shape index (κ1) is 14.9. The van der Waals surface area contributed by atoms with Crippen LogP contribution in [0.5, 0.6) is 11.5 Å². The van der Waals surface area contributed by atoms with Crippen LogP contribution in [0.4, 0.5) is 0 Å². The smallest absolute Gasteiger partial charge is 0.161 e. The molecule has 0 bridgehead atoms. The van der Waals surface area contributed by atoms with Crippen molar-refractivity contribution in [2.75, 3.05) is 40.9 Å². The molecule has 0 aromatic heterocycles. The van der Waals surface area contributed by atoms with E-state index >= 15 is 0 Å². The fraction of sp³-hybridized carbons (Fsp3) is 0.500. The Kier molecular flexibility index (Phi) is 5.04. The highest BCUT2D eigenvalue weighted by Gasteiger charge is 2.19. The number of methoxy groups -OCH3 is 2. The highest BCUT2D eigenvalue weighted by atomic mass is 16.5. The average molecular weight is 276 g/mol. The second-order valence-electron chi connectivity index (χ2n) is 5.22. The predicted octanol–water partition coefficient (Wildman–Crippen LogP) is 1.84. The summed E-state index contributed by atoms with van der Waals surface area (Å²) in [5, 5.41) is 3.15. The van der Waals surface area contributed by atoms with Gasteiger partial charge in [-0.3, -0.25) is 4.90 Å². The molecule has 4 nitrogen and oxygen atoms in total. The standard InChI is InChI=1S/C16H24N2O2/c1-12(9-17-2)10-18-6-5-13-7-15(19-3)16(20-4)8-14(13)11-18/h7-8,17H,1,5-6,9-11H2,2-4H3. The lowest BCUT2D eigenvalue weighted by atomic mass is 9.98. The van der Waals surface area contributed by atoms with E-state index in [4.69, 9.17) is 9.47 Å². The zero-order valence-corrected chi connectivity index (χ0v) is 12.7. The van der Waals surface area contributed by atoms with Crippen molar-refractivity contribution in [3.05, 3.63) is 35.4 Å². The van der Waals surface area contributed by atoms with Crippen molar-refractivity contribution in [2.45, 2.75) is 13.0 Å². The number of fused-ring (bicyclic) bond motifs is 1.